The standard InChI is InChI=1S/C22H29F3N4O/c1-14-10-19(16-8-9-21(2,3)28(12-16)13-30)29-20(26-14)11-18(27-29)15-4-6-17(7-5-15)22(23,24)25/h10-11,13,15-17H,4-9,12H2,1-3H3/t15-,16-,17-/m1/s1. The highest BCUT2D eigenvalue weighted by Gasteiger charge is 2.42. The molecule has 4 rings (SSSR count). The highest BCUT2D eigenvalue weighted by molar-refractivity contribution is 5.50. The van der Waals surface area contributed by atoms with E-state index in [0.717, 1.165) is 42.0 Å². The van der Waals surface area contributed by atoms with Crippen molar-refractivity contribution in [1.29, 1.82) is 0 Å². The van der Waals surface area contributed by atoms with Gasteiger partial charge in [-0.15, -0.1) is 0 Å². The van der Waals surface area contributed by atoms with E-state index < -0.39 is 12.1 Å². The Morgan fingerprint density at radius 3 is 2.43 bits per heavy atom. The van der Waals surface area contributed by atoms with Crippen molar-refractivity contribution < 1.29 is 18.0 Å². The first kappa shape index (κ1) is 21.1. The van der Waals surface area contributed by atoms with Crippen LogP contribution in [0.5, 0.6) is 0 Å². The van der Waals surface area contributed by atoms with E-state index in [1.165, 1.54) is 0 Å². The number of hydrogen-bond acceptors (Lipinski definition) is 3. The van der Waals surface area contributed by atoms with Crippen LogP contribution in [-0.4, -0.2) is 44.2 Å². The van der Waals surface area contributed by atoms with Crippen LogP contribution in [0.15, 0.2) is 12.1 Å². The predicted octanol–water partition coefficient (Wildman–Crippen LogP) is 4.99. The lowest BCUT2D eigenvalue weighted by molar-refractivity contribution is -0.182. The second-order valence-corrected chi connectivity index (χ2v) is 9.56. The highest BCUT2D eigenvalue weighted by Crippen LogP contribution is 2.43. The van der Waals surface area contributed by atoms with Gasteiger partial charge in [0, 0.05) is 35.7 Å². The third kappa shape index (κ3) is 3.93. The van der Waals surface area contributed by atoms with Crippen LogP contribution in [0.4, 0.5) is 13.2 Å². The molecule has 2 aromatic heterocycles. The van der Waals surface area contributed by atoms with Gasteiger partial charge in [0.05, 0.1) is 17.3 Å². The molecular formula is C22H29F3N4O. The Balaban J connectivity index is 1.61. The molecule has 0 N–H and O–H groups in total. The van der Waals surface area contributed by atoms with Gasteiger partial charge in [0.25, 0.3) is 0 Å². The van der Waals surface area contributed by atoms with Crippen LogP contribution in [0.3, 0.4) is 0 Å². The fraction of sp³-hybridized carbons (Fsp3) is 0.682. The minimum Gasteiger partial charge on any atom is -0.339 e. The molecule has 1 amide bonds. The number of aryl methyl sites for hydroxylation is 1. The number of aromatic nitrogens is 3. The molecule has 2 fully saturated rings. The largest absolute Gasteiger partial charge is 0.391 e. The maximum atomic E-state index is 13.0. The Bertz CT molecular complexity index is 928. The Kier molecular flexibility index (Phi) is 5.31. The van der Waals surface area contributed by atoms with Crippen molar-refractivity contribution in [2.45, 2.75) is 82.8 Å². The van der Waals surface area contributed by atoms with E-state index in [9.17, 15) is 18.0 Å². The molecular weight excluding hydrogens is 393 g/mol. The van der Waals surface area contributed by atoms with Crippen LogP contribution < -0.4 is 0 Å². The van der Waals surface area contributed by atoms with Crippen LogP contribution in [0, 0.1) is 12.8 Å². The van der Waals surface area contributed by atoms with E-state index in [-0.39, 0.29) is 30.2 Å². The second-order valence-electron chi connectivity index (χ2n) is 9.56. The van der Waals surface area contributed by atoms with Gasteiger partial charge < -0.3 is 4.90 Å². The molecule has 2 aliphatic rings. The number of rotatable bonds is 3. The summed E-state index contributed by atoms with van der Waals surface area (Å²) < 4.78 is 40.8. The number of alkyl halides is 3. The number of likely N-dealkylation sites (tertiary alicyclic amines) is 1. The summed E-state index contributed by atoms with van der Waals surface area (Å²) in [5.74, 6) is -1.00. The Labute approximate surface area is 174 Å². The van der Waals surface area contributed by atoms with E-state index in [1.54, 1.807) is 0 Å². The third-order valence-corrected chi connectivity index (χ3v) is 7.05. The Hall–Kier alpha value is -2.12. The molecule has 0 unspecified atom stereocenters. The van der Waals surface area contributed by atoms with Crippen molar-refractivity contribution in [3.8, 4) is 0 Å². The summed E-state index contributed by atoms with van der Waals surface area (Å²) >= 11 is 0. The second kappa shape index (κ2) is 7.54. The zero-order valence-electron chi connectivity index (χ0n) is 17.7. The first-order chi connectivity index (χ1) is 14.1. The molecule has 0 aromatic carbocycles. The summed E-state index contributed by atoms with van der Waals surface area (Å²) in [5, 5.41) is 4.79. The summed E-state index contributed by atoms with van der Waals surface area (Å²) in [6.07, 6.45) is -0.0187. The minimum absolute atomic E-state index is 0.0372. The molecule has 0 bridgehead atoms. The van der Waals surface area contributed by atoms with Crippen LogP contribution in [-0.2, 0) is 4.79 Å². The van der Waals surface area contributed by atoms with Crippen LogP contribution in [0.1, 0.15) is 81.3 Å². The molecule has 1 saturated carbocycles. The summed E-state index contributed by atoms with van der Waals surface area (Å²) in [7, 11) is 0. The molecule has 164 valence electrons. The third-order valence-electron chi connectivity index (χ3n) is 7.05. The van der Waals surface area contributed by atoms with Gasteiger partial charge in [-0.25, -0.2) is 9.50 Å². The lowest BCUT2D eigenvalue weighted by Crippen LogP contribution is -2.49. The number of fused-ring (bicyclic) bond motifs is 1. The number of halogens is 3. The lowest BCUT2D eigenvalue weighted by Gasteiger charge is -2.43. The lowest BCUT2D eigenvalue weighted by atomic mass is 9.80. The molecule has 0 spiro atoms. The number of carbonyl (C=O) groups excluding carboxylic acids is 1. The smallest absolute Gasteiger partial charge is 0.339 e. The van der Waals surface area contributed by atoms with E-state index in [1.807, 2.05) is 28.5 Å². The van der Waals surface area contributed by atoms with Gasteiger partial charge in [0.1, 0.15) is 0 Å². The monoisotopic (exact) mass is 422 g/mol. The number of amides is 1. The quantitative estimate of drug-likeness (QED) is 0.655. The van der Waals surface area contributed by atoms with E-state index in [0.29, 0.717) is 19.4 Å². The molecule has 2 aromatic rings. The first-order valence-electron chi connectivity index (χ1n) is 10.7. The van der Waals surface area contributed by atoms with Crippen molar-refractivity contribution in [3.63, 3.8) is 0 Å². The Morgan fingerprint density at radius 2 is 1.80 bits per heavy atom. The normalized spacial score (nSPS) is 27.4. The van der Waals surface area contributed by atoms with Crippen LogP contribution in [0.25, 0.3) is 5.65 Å². The molecule has 0 radical (unpaired) electrons. The van der Waals surface area contributed by atoms with E-state index in [4.69, 9.17) is 5.10 Å². The fourth-order valence-electron chi connectivity index (χ4n) is 5.03. The zero-order chi connectivity index (χ0) is 21.7. The average molecular weight is 422 g/mol. The first-order valence-corrected chi connectivity index (χ1v) is 10.7. The molecule has 3 heterocycles. The maximum absolute atomic E-state index is 13.0. The van der Waals surface area contributed by atoms with Crippen molar-refractivity contribution >= 4 is 12.1 Å². The Morgan fingerprint density at radius 1 is 1.10 bits per heavy atom. The molecule has 1 aliphatic carbocycles. The van der Waals surface area contributed by atoms with E-state index >= 15 is 0 Å². The van der Waals surface area contributed by atoms with Gasteiger partial charge in [0.2, 0.25) is 6.41 Å². The predicted molar refractivity (Wildman–Crippen MR) is 107 cm³/mol. The highest BCUT2D eigenvalue weighted by atomic mass is 19.4. The van der Waals surface area contributed by atoms with Crippen molar-refractivity contribution in [3.05, 3.63) is 29.2 Å². The molecule has 1 aliphatic heterocycles. The van der Waals surface area contributed by atoms with Crippen LogP contribution in [0.2, 0.25) is 0 Å². The molecule has 1 atom stereocenters. The molecule has 5 nitrogen and oxygen atoms in total. The summed E-state index contributed by atoms with van der Waals surface area (Å²) in [6, 6.07) is 3.95. The topological polar surface area (TPSA) is 50.5 Å². The molecule has 30 heavy (non-hydrogen) atoms. The molecule has 1 saturated heterocycles. The van der Waals surface area contributed by atoms with Crippen LogP contribution >= 0.6 is 0 Å². The maximum Gasteiger partial charge on any atom is 0.391 e. The minimum atomic E-state index is -4.10. The van der Waals surface area contributed by atoms with E-state index in [2.05, 4.69) is 18.8 Å². The number of hydrogen-bond donors (Lipinski definition) is 0. The van der Waals surface area contributed by atoms with Gasteiger partial charge in [-0.1, -0.05) is 0 Å². The van der Waals surface area contributed by atoms with Crippen molar-refractivity contribution in [2.24, 2.45) is 5.92 Å². The summed E-state index contributed by atoms with van der Waals surface area (Å²) in [5.41, 5.74) is 3.31. The summed E-state index contributed by atoms with van der Waals surface area (Å²) in [4.78, 5) is 18.1. The number of carbonyl (C=O) groups is 1. The van der Waals surface area contributed by atoms with Gasteiger partial charge >= 0.3 is 6.18 Å². The summed E-state index contributed by atoms with van der Waals surface area (Å²) in [6.45, 7) is 6.72. The van der Waals surface area contributed by atoms with Crippen molar-refractivity contribution in [1.82, 2.24) is 19.5 Å². The fourth-order valence-corrected chi connectivity index (χ4v) is 5.03. The van der Waals surface area contributed by atoms with Gasteiger partial charge in [-0.05, 0) is 65.4 Å². The van der Waals surface area contributed by atoms with Gasteiger partial charge in [-0.3, -0.25) is 4.79 Å². The number of nitrogens with zero attached hydrogens (tertiary/aromatic N) is 4. The van der Waals surface area contributed by atoms with Gasteiger partial charge in [0.15, 0.2) is 5.65 Å². The van der Waals surface area contributed by atoms with Gasteiger partial charge in [-0.2, -0.15) is 18.3 Å². The molecule has 8 heteroatoms. The van der Waals surface area contributed by atoms with Crippen molar-refractivity contribution in [2.75, 3.05) is 6.54 Å². The number of piperidine rings is 1. The zero-order valence-corrected chi connectivity index (χ0v) is 17.7. The SMILES string of the molecule is Cc1cc([C@@H]2CCC(C)(C)N(C=O)C2)n2nc([C@H]3CC[C@H](C(F)(F)F)CC3)cc2n1. The average Bonchev–Trinajstić information content (AvgIpc) is 3.10.